The van der Waals surface area contributed by atoms with Gasteiger partial charge in [0.2, 0.25) is 0 Å². The van der Waals surface area contributed by atoms with E-state index in [0.29, 0.717) is 35.0 Å². The number of halogens is 2. The molecule has 1 aromatic heterocycles. The number of amides is 1. The van der Waals surface area contributed by atoms with Gasteiger partial charge in [-0.1, -0.05) is 23.8 Å². The largest absolute Gasteiger partial charge is 0.488 e. The van der Waals surface area contributed by atoms with Gasteiger partial charge in [-0.25, -0.2) is 4.39 Å². The van der Waals surface area contributed by atoms with Gasteiger partial charge in [-0.15, -0.1) is 0 Å². The number of nitrogens with zero attached hydrogens (tertiary/aromatic N) is 3. The second kappa shape index (κ2) is 8.00. The van der Waals surface area contributed by atoms with Crippen molar-refractivity contribution < 1.29 is 13.9 Å². The van der Waals surface area contributed by atoms with Gasteiger partial charge in [0, 0.05) is 48.7 Å². The molecule has 4 rings (SSSR count). The molecule has 2 N–H and O–H groups in total. The maximum atomic E-state index is 14.2. The minimum absolute atomic E-state index is 0.225. The lowest BCUT2D eigenvalue weighted by Crippen LogP contribution is -2.40. The number of hydrogen-bond donors (Lipinski definition) is 1. The highest BCUT2D eigenvalue weighted by atomic mass is 35.5. The SMILES string of the molecule is Cn1nc(C(=O)N(CCN)CC2CC=CC=C2F)c2c1-c1cc(Cl)ccc1OC2. The van der Waals surface area contributed by atoms with E-state index in [9.17, 15) is 9.18 Å². The van der Waals surface area contributed by atoms with Crippen LogP contribution in [0.3, 0.4) is 0 Å². The first-order valence-electron chi connectivity index (χ1n) is 9.49. The molecule has 2 aliphatic rings. The Kier molecular flexibility index (Phi) is 5.43. The van der Waals surface area contributed by atoms with Crippen LogP contribution in [0.1, 0.15) is 22.5 Å². The van der Waals surface area contributed by atoms with E-state index in [0.717, 1.165) is 11.3 Å². The van der Waals surface area contributed by atoms with E-state index >= 15 is 0 Å². The van der Waals surface area contributed by atoms with Crippen LogP contribution in [0.15, 0.2) is 42.3 Å². The van der Waals surface area contributed by atoms with Crippen molar-refractivity contribution in [2.24, 2.45) is 18.7 Å². The number of carbonyl (C=O) groups excluding carboxylic acids is 1. The van der Waals surface area contributed by atoms with Crippen molar-refractivity contribution in [3.05, 3.63) is 58.5 Å². The van der Waals surface area contributed by atoms with Gasteiger partial charge < -0.3 is 15.4 Å². The first kappa shape index (κ1) is 19.7. The topological polar surface area (TPSA) is 73.4 Å². The summed E-state index contributed by atoms with van der Waals surface area (Å²) in [5.74, 6) is -0.171. The molecule has 8 heteroatoms. The molecular formula is C21H22ClFN4O2. The molecular weight excluding hydrogens is 395 g/mol. The Morgan fingerprint density at radius 2 is 2.31 bits per heavy atom. The minimum atomic E-state index is -0.370. The summed E-state index contributed by atoms with van der Waals surface area (Å²) >= 11 is 6.16. The molecule has 1 aliphatic heterocycles. The lowest BCUT2D eigenvalue weighted by molar-refractivity contribution is 0.0727. The van der Waals surface area contributed by atoms with Gasteiger partial charge >= 0.3 is 0 Å². The fourth-order valence-corrected chi connectivity index (χ4v) is 4.01. The highest BCUT2D eigenvalue weighted by Crippen LogP contribution is 2.40. The molecule has 1 amide bonds. The lowest BCUT2D eigenvalue weighted by atomic mass is 9.98. The quantitative estimate of drug-likeness (QED) is 0.810. The summed E-state index contributed by atoms with van der Waals surface area (Å²) in [6.07, 6.45) is 5.58. The van der Waals surface area contributed by atoms with Gasteiger partial charge in [-0.2, -0.15) is 5.10 Å². The summed E-state index contributed by atoms with van der Waals surface area (Å²) in [5.41, 5.74) is 8.33. The van der Waals surface area contributed by atoms with E-state index < -0.39 is 0 Å². The molecule has 29 heavy (non-hydrogen) atoms. The minimum Gasteiger partial charge on any atom is -0.488 e. The first-order chi connectivity index (χ1) is 14.0. The third kappa shape index (κ3) is 3.68. The zero-order valence-corrected chi connectivity index (χ0v) is 16.8. The van der Waals surface area contributed by atoms with Crippen LogP contribution in [0.25, 0.3) is 11.3 Å². The molecule has 0 fully saturated rings. The summed E-state index contributed by atoms with van der Waals surface area (Å²) in [4.78, 5) is 14.9. The van der Waals surface area contributed by atoms with Crippen LogP contribution >= 0.6 is 11.6 Å². The Hall–Kier alpha value is -2.64. The highest BCUT2D eigenvalue weighted by Gasteiger charge is 2.32. The molecule has 1 aromatic carbocycles. The Labute approximate surface area is 173 Å². The number of rotatable bonds is 5. The van der Waals surface area contributed by atoms with Crippen molar-refractivity contribution in [3.8, 4) is 17.0 Å². The Balaban J connectivity index is 1.67. The van der Waals surface area contributed by atoms with Crippen LogP contribution in [-0.2, 0) is 13.7 Å². The van der Waals surface area contributed by atoms with Crippen molar-refractivity contribution in [1.82, 2.24) is 14.7 Å². The van der Waals surface area contributed by atoms with Crippen LogP contribution in [-0.4, -0.2) is 40.2 Å². The molecule has 6 nitrogen and oxygen atoms in total. The van der Waals surface area contributed by atoms with Gasteiger partial charge in [-0.05, 0) is 30.7 Å². The number of aromatic nitrogens is 2. The number of ether oxygens (including phenoxy) is 1. The predicted molar refractivity (Wildman–Crippen MR) is 109 cm³/mol. The third-order valence-electron chi connectivity index (χ3n) is 5.25. The second-order valence-electron chi connectivity index (χ2n) is 7.18. The van der Waals surface area contributed by atoms with E-state index in [-0.39, 0.29) is 37.3 Å². The van der Waals surface area contributed by atoms with Crippen molar-refractivity contribution in [1.29, 1.82) is 0 Å². The number of benzene rings is 1. The van der Waals surface area contributed by atoms with Crippen molar-refractivity contribution in [2.75, 3.05) is 19.6 Å². The maximum absolute atomic E-state index is 14.2. The van der Waals surface area contributed by atoms with Crippen LogP contribution in [0.5, 0.6) is 5.75 Å². The highest BCUT2D eigenvalue weighted by molar-refractivity contribution is 6.31. The maximum Gasteiger partial charge on any atom is 0.274 e. The average Bonchev–Trinajstić information content (AvgIpc) is 3.05. The fourth-order valence-electron chi connectivity index (χ4n) is 3.84. The molecule has 1 aliphatic carbocycles. The van der Waals surface area contributed by atoms with Crippen molar-refractivity contribution in [3.63, 3.8) is 0 Å². The summed E-state index contributed by atoms with van der Waals surface area (Å²) in [7, 11) is 1.78. The van der Waals surface area contributed by atoms with E-state index in [2.05, 4.69) is 5.10 Å². The summed E-state index contributed by atoms with van der Waals surface area (Å²) in [6.45, 7) is 1.08. The molecule has 2 heterocycles. The number of fused-ring (bicyclic) bond motifs is 3. The molecule has 0 saturated carbocycles. The Morgan fingerprint density at radius 3 is 3.07 bits per heavy atom. The van der Waals surface area contributed by atoms with Crippen LogP contribution in [0.2, 0.25) is 5.02 Å². The first-order valence-corrected chi connectivity index (χ1v) is 9.87. The number of aryl methyl sites for hydroxylation is 1. The zero-order chi connectivity index (χ0) is 20.5. The van der Waals surface area contributed by atoms with Gasteiger partial charge in [0.1, 0.15) is 18.2 Å². The van der Waals surface area contributed by atoms with Crippen LogP contribution < -0.4 is 10.5 Å². The van der Waals surface area contributed by atoms with E-state index in [1.807, 2.05) is 12.1 Å². The monoisotopic (exact) mass is 416 g/mol. The zero-order valence-electron chi connectivity index (χ0n) is 16.1. The van der Waals surface area contributed by atoms with E-state index in [1.165, 1.54) is 6.08 Å². The van der Waals surface area contributed by atoms with Gasteiger partial charge in [0.25, 0.3) is 5.91 Å². The molecule has 1 atom stereocenters. The lowest BCUT2D eigenvalue weighted by Gasteiger charge is -2.27. The molecule has 0 spiro atoms. The number of allylic oxidation sites excluding steroid dienone is 3. The second-order valence-corrected chi connectivity index (χ2v) is 7.62. The molecule has 0 bridgehead atoms. The fraction of sp³-hybridized carbons (Fsp3) is 0.333. The summed E-state index contributed by atoms with van der Waals surface area (Å²) < 4.78 is 21.7. The van der Waals surface area contributed by atoms with Gasteiger partial charge in [-0.3, -0.25) is 9.48 Å². The number of carbonyl (C=O) groups is 1. The standard InChI is InChI=1S/C21H22ClFN4O2/c1-26-20-15-10-14(22)6-7-18(15)29-12-16(20)19(25-26)21(28)27(9-8-24)11-13-4-2-3-5-17(13)23/h2-3,5-7,10,13H,4,8-9,11-12,24H2,1H3. The van der Waals surface area contributed by atoms with Gasteiger partial charge in [0.15, 0.2) is 5.69 Å². The van der Waals surface area contributed by atoms with E-state index in [4.69, 9.17) is 22.1 Å². The number of hydrogen-bond acceptors (Lipinski definition) is 4. The van der Waals surface area contributed by atoms with Crippen molar-refractivity contribution >= 4 is 17.5 Å². The third-order valence-corrected chi connectivity index (χ3v) is 5.48. The normalized spacial score (nSPS) is 17.2. The van der Waals surface area contributed by atoms with Gasteiger partial charge in [0.05, 0.1) is 5.69 Å². The predicted octanol–water partition coefficient (Wildman–Crippen LogP) is 3.46. The number of nitrogens with two attached hydrogens (primary N) is 1. The Bertz CT molecular complexity index is 1010. The Morgan fingerprint density at radius 1 is 1.48 bits per heavy atom. The molecule has 152 valence electrons. The van der Waals surface area contributed by atoms with Crippen LogP contribution in [0, 0.1) is 5.92 Å². The molecule has 1 unspecified atom stereocenters. The van der Waals surface area contributed by atoms with Crippen LogP contribution in [0.4, 0.5) is 4.39 Å². The van der Waals surface area contributed by atoms with Crippen molar-refractivity contribution in [2.45, 2.75) is 13.0 Å². The molecule has 2 aromatic rings. The summed E-state index contributed by atoms with van der Waals surface area (Å²) in [5, 5.41) is 5.05. The van der Waals surface area contributed by atoms with E-state index in [1.54, 1.807) is 34.8 Å². The average molecular weight is 417 g/mol. The summed E-state index contributed by atoms with van der Waals surface area (Å²) in [6, 6.07) is 5.37. The molecule has 0 saturated heterocycles. The molecule has 0 radical (unpaired) electrons. The smallest absolute Gasteiger partial charge is 0.274 e.